The molecule has 31 heavy (non-hydrogen) atoms. The van der Waals surface area contributed by atoms with E-state index >= 15 is 0 Å². The smallest absolute Gasteiger partial charge is 0.271 e. The summed E-state index contributed by atoms with van der Waals surface area (Å²) in [6.45, 7) is 0. The first-order valence-corrected chi connectivity index (χ1v) is 10.7. The summed E-state index contributed by atoms with van der Waals surface area (Å²) in [6.07, 6.45) is 3.66. The number of non-ortho nitro benzene ring substituents is 1. The summed E-state index contributed by atoms with van der Waals surface area (Å²) in [6, 6.07) is 15.1. The molecular weight excluding hydrogens is 414 g/mol. The molecule has 0 N–H and O–H groups in total. The van der Waals surface area contributed by atoms with E-state index in [0.717, 1.165) is 24.1 Å². The molecule has 154 valence electrons. The number of hydrogen-bond donors (Lipinski definition) is 0. The summed E-state index contributed by atoms with van der Waals surface area (Å²) >= 11 is 1.27. The van der Waals surface area contributed by atoms with Gasteiger partial charge in [-0.15, -0.1) is 0 Å². The van der Waals surface area contributed by atoms with Gasteiger partial charge in [-0.2, -0.15) is 0 Å². The number of carbonyl (C=O) groups is 1. The van der Waals surface area contributed by atoms with Crippen LogP contribution in [0.3, 0.4) is 0 Å². The Hall–Kier alpha value is -3.65. The van der Waals surface area contributed by atoms with Crippen LogP contribution in [-0.2, 0) is 4.79 Å². The standard InChI is InChI=1S/C23H17N3O4S/c27-18-8-4-7-17-20(18)21(15-5-2-1-3-6-15)25-22(28)19(31-23(25)24-17)13-14-9-11-16(12-10-14)26(29)30/h1-3,5-6,9-13,21H,4,7-8H2/b19-13+/t21-/m1/s1. The second kappa shape index (κ2) is 7.55. The van der Waals surface area contributed by atoms with Crippen molar-refractivity contribution in [2.75, 3.05) is 0 Å². The maximum Gasteiger partial charge on any atom is 0.271 e. The van der Waals surface area contributed by atoms with E-state index in [0.29, 0.717) is 26.9 Å². The Morgan fingerprint density at radius 3 is 2.52 bits per heavy atom. The third-order valence-corrected chi connectivity index (χ3v) is 6.53. The second-order valence-electron chi connectivity index (χ2n) is 7.48. The number of rotatable bonds is 3. The molecule has 1 aliphatic heterocycles. The van der Waals surface area contributed by atoms with E-state index in [-0.39, 0.29) is 17.0 Å². The molecule has 8 heteroatoms. The average Bonchev–Trinajstić information content (AvgIpc) is 3.08. The molecule has 3 aromatic rings. The van der Waals surface area contributed by atoms with Gasteiger partial charge in [0.05, 0.1) is 21.2 Å². The summed E-state index contributed by atoms with van der Waals surface area (Å²) in [7, 11) is 0. The van der Waals surface area contributed by atoms with Crippen molar-refractivity contribution in [3.8, 4) is 0 Å². The number of fused-ring (bicyclic) bond motifs is 1. The molecule has 2 aliphatic rings. The molecule has 0 saturated heterocycles. The number of benzene rings is 2. The van der Waals surface area contributed by atoms with Gasteiger partial charge in [-0.1, -0.05) is 41.7 Å². The summed E-state index contributed by atoms with van der Waals surface area (Å²) in [5.74, 6) is 0.0449. The van der Waals surface area contributed by atoms with Crippen LogP contribution >= 0.6 is 11.3 Å². The number of allylic oxidation sites excluding steroid dienone is 2. The van der Waals surface area contributed by atoms with Crippen LogP contribution in [0, 0.1) is 10.1 Å². The lowest BCUT2D eigenvalue weighted by Gasteiger charge is -2.28. The van der Waals surface area contributed by atoms with Crippen molar-refractivity contribution in [3.63, 3.8) is 0 Å². The lowest BCUT2D eigenvalue weighted by Crippen LogP contribution is -2.40. The van der Waals surface area contributed by atoms with Gasteiger partial charge in [0.2, 0.25) is 0 Å². The highest BCUT2D eigenvalue weighted by molar-refractivity contribution is 7.07. The van der Waals surface area contributed by atoms with E-state index in [1.165, 1.54) is 23.5 Å². The Bertz CT molecular complexity index is 1420. The van der Waals surface area contributed by atoms with Crippen molar-refractivity contribution in [1.82, 2.24) is 4.57 Å². The predicted molar refractivity (Wildman–Crippen MR) is 116 cm³/mol. The summed E-state index contributed by atoms with van der Waals surface area (Å²) in [4.78, 5) is 41.9. The minimum atomic E-state index is -0.487. The molecule has 0 amide bonds. The van der Waals surface area contributed by atoms with Crippen LogP contribution in [0.15, 0.2) is 75.7 Å². The van der Waals surface area contributed by atoms with E-state index in [1.807, 2.05) is 30.3 Å². The molecule has 0 bridgehead atoms. The SMILES string of the molecule is O=C1CCCC2=C1[C@@H](c1ccccc1)n1c(s/c(=C/c3ccc([N+](=O)[O-])cc3)c1=O)=N2. The summed E-state index contributed by atoms with van der Waals surface area (Å²) in [5.41, 5.74) is 2.73. The van der Waals surface area contributed by atoms with Crippen LogP contribution in [0.5, 0.6) is 0 Å². The maximum atomic E-state index is 13.4. The van der Waals surface area contributed by atoms with Crippen molar-refractivity contribution >= 4 is 28.9 Å². The van der Waals surface area contributed by atoms with Crippen molar-refractivity contribution in [1.29, 1.82) is 0 Å². The first-order chi connectivity index (χ1) is 15.0. The Balaban J connectivity index is 1.70. The molecule has 1 aliphatic carbocycles. The van der Waals surface area contributed by atoms with Crippen LogP contribution in [0.2, 0.25) is 0 Å². The number of carbonyl (C=O) groups excluding carboxylic acids is 1. The minimum Gasteiger partial charge on any atom is -0.294 e. The van der Waals surface area contributed by atoms with Gasteiger partial charge in [-0.3, -0.25) is 24.3 Å². The van der Waals surface area contributed by atoms with E-state index < -0.39 is 11.0 Å². The number of aromatic nitrogens is 1. The third kappa shape index (κ3) is 3.34. The number of nitro benzene ring substituents is 1. The number of ketones is 1. The average molecular weight is 431 g/mol. The highest BCUT2D eigenvalue weighted by Gasteiger charge is 2.34. The lowest BCUT2D eigenvalue weighted by molar-refractivity contribution is -0.384. The minimum absolute atomic E-state index is 0.00567. The van der Waals surface area contributed by atoms with E-state index in [1.54, 1.807) is 22.8 Å². The normalized spacial score (nSPS) is 18.4. The molecule has 0 fully saturated rings. The van der Waals surface area contributed by atoms with E-state index in [4.69, 9.17) is 0 Å². The van der Waals surface area contributed by atoms with Gasteiger partial charge in [0.25, 0.3) is 11.2 Å². The zero-order chi connectivity index (χ0) is 21.5. The summed E-state index contributed by atoms with van der Waals surface area (Å²) < 4.78 is 2.08. The van der Waals surface area contributed by atoms with Crippen molar-refractivity contribution in [2.45, 2.75) is 25.3 Å². The topological polar surface area (TPSA) is 94.6 Å². The van der Waals surface area contributed by atoms with E-state index in [9.17, 15) is 19.7 Å². The summed E-state index contributed by atoms with van der Waals surface area (Å²) in [5, 5.41) is 10.9. The number of nitrogens with zero attached hydrogens (tertiary/aromatic N) is 3. The highest BCUT2D eigenvalue weighted by atomic mass is 32.1. The van der Waals surface area contributed by atoms with Crippen LogP contribution in [-0.4, -0.2) is 15.3 Å². The fourth-order valence-electron chi connectivity index (χ4n) is 4.10. The third-order valence-electron chi connectivity index (χ3n) is 5.54. The van der Waals surface area contributed by atoms with Crippen LogP contribution in [0.25, 0.3) is 6.08 Å². The van der Waals surface area contributed by atoms with Gasteiger partial charge in [0.1, 0.15) is 0 Å². The molecule has 1 aromatic heterocycles. The maximum absolute atomic E-state index is 13.4. The van der Waals surface area contributed by atoms with Gasteiger partial charge >= 0.3 is 0 Å². The molecule has 2 heterocycles. The quantitative estimate of drug-likeness (QED) is 0.471. The molecule has 0 saturated carbocycles. The number of nitro groups is 1. The van der Waals surface area contributed by atoms with Gasteiger partial charge in [-0.05, 0) is 42.2 Å². The fraction of sp³-hybridized carbons (Fsp3) is 0.174. The molecular formula is C23H17N3O4S. The van der Waals surface area contributed by atoms with Gasteiger partial charge in [-0.25, -0.2) is 4.99 Å². The van der Waals surface area contributed by atoms with Crippen LogP contribution in [0.4, 0.5) is 5.69 Å². The predicted octanol–water partition coefficient (Wildman–Crippen LogP) is 2.88. The Morgan fingerprint density at radius 2 is 1.81 bits per heavy atom. The zero-order valence-corrected chi connectivity index (χ0v) is 17.2. The fourth-order valence-corrected chi connectivity index (χ4v) is 5.12. The molecule has 5 rings (SSSR count). The van der Waals surface area contributed by atoms with Crippen molar-refractivity contribution < 1.29 is 9.72 Å². The van der Waals surface area contributed by atoms with E-state index in [2.05, 4.69) is 4.99 Å². The largest absolute Gasteiger partial charge is 0.294 e. The molecule has 0 unspecified atom stereocenters. The number of Topliss-reactive ketones (excluding diaryl/α,β-unsaturated/α-hetero) is 1. The monoisotopic (exact) mass is 431 g/mol. The van der Waals surface area contributed by atoms with Gasteiger partial charge < -0.3 is 0 Å². The first kappa shape index (κ1) is 19.3. The molecule has 2 aromatic carbocycles. The molecule has 1 atom stereocenters. The van der Waals surface area contributed by atoms with Crippen molar-refractivity contribution in [3.05, 3.63) is 107 Å². The molecule has 0 spiro atoms. The van der Waals surface area contributed by atoms with Crippen LogP contribution in [0.1, 0.15) is 36.4 Å². The van der Waals surface area contributed by atoms with Gasteiger partial charge in [0.15, 0.2) is 10.6 Å². The Labute approximate surface area is 180 Å². The number of thiazole rings is 1. The van der Waals surface area contributed by atoms with Gasteiger partial charge in [0, 0.05) is 24.1 Å². The number of hydrogen-bond acceptors (Lipinski definition) is 6. The lowest BCUT2D eigenvalue weighted by atomic mass is 9.86. The molecule has 0 radical (unpaired) electrons. The molecule has 7 nitrogen and oxygen atoms in total. The van der Waals surface area contributed by atoms with Crippen LogP contribution < -0.4 is 14.9 Å². The van der Waals surface area contributed by atoms with Crippen molar-refractivity contribution in [2.24, 2.45) is 4.99 Å². The first-order valence-electron chi connectivity index (χ1n) is 9.90. The Kier molecular flexibility index (Phi) is 4.71. The Morgan fingerprint density at radius 1 is 1.06 bits per heavy atom. The zero-order valence-electron chi connectivity index (χ0n) is 16.4. The highest BCUT2D eigenvalue weighted by Crippen LogP contribution is 2.35. The second-order valence-corrected chi connectivity index (χ2v) is 8.49.